The van der Waals surface area contributed by atoms with Gasteiger partial charge in [-0.15, -0.1) is 0 Å². The van der Waals surface area contributed by atoms with Crippen LogP contribution in [0.3, 0.4) is 0 Å². The molecule has 2 N–H and O–H groups in total. The van der Waals surface area contributed by atoms with E-state index >= 15 is 0 Å². The van der Waals surface area contributed by atoms with Gasteiger partial charge in [-0.25, -0.2) is 0 Å². The zero-order chi connectivity index (χ0) is 36.9. The monoisotopic (exact) mass is 709 g/mol. The largest absolute Gasteiger partial charge is 0.497 e. The highest BCUT2D eigenvalue weighted by Gasteiger charge is 2.43. The van der Waals surface area contributed by atoms with Crippen LogP contribution < -0.4 is 19.5 Å². The molecule has 2 aliphatic heterocycles. The number of hydrogen-bond acceptors (Lipinski definition) is 7. The first-order valence-corrected chi connectivity index (χ1v) is 18.3. The minimum atomic E-state index is -0.908. The summed E-state index contributed by atoms with van der Waals surface area (Å²) in [6.45, 7) is 8.10. The molecule has 52 heavy (non-hydrogen) atoms. The first-order valence-electron chi connectivity index (χ1n) is 18.3. The van der Waals surface area contributed by atoms with Crippen molar-refractivity contribution in [2.24, 2.45) is 0 Å². The van der Waals surface area contributed by atoms with E-state index in [0.717, 1.165) is 52.8 Å². The van der Waals surface area contributed by atoms with E-state index < -0.39 is 5.97 Å². The molecule has 3 aliphatic rings. The number of aryl methyl sites for hydroxylation is 2. The van der Waals surface area contributed by atoms with Crippen LogP contribution >= 0.6 is 0 Å². The topological polar surface area (TPSA) is 118 Å². The van der Waals surface area contributed by atoms with Gasteiger partial charge in [-0.2, -0.15) is 0 Å². The molecule has 2 amide bonds. The van der Waals surface area contributed by atoms with Crippen molar-refractivity contribution in [1.82, 2.24) is 15.1 Å². The highest BCUT2D eigenvalue weighted by Crippen LogP contribution is 2.38. The maximum absolute atomic E-state index is 14.9. The quantitative estimate of drug-likeness (QED) is 0.197. The summed E-state index contributed by atoms with van der Waals surface area (Å²) in [5, 5.41) is 12.8. The minimum absolute atomic E-state index is 0.0279. The average molecular weight is 710 g/mol. The number of nitrogens with one attached hydrogen (secondary N) is 1. The molecule has 2 atom stereocenters. The molecule has 6 rings (SSSR count). The van der Waals surface area contributed by atoms with Crippen LogP contribution in [-0.4, -0.2) is 84.7 Å². The summed E-state index contributed by atoms with van der Waals surface area (Å²) in [5.41, 5.74) is 8.35. The van der Waals surface area contributed by atoms with Gasteiger partial charge in [0.1, 0.15) is 17.2 Å². The minimum Gasteiger partial charge on any atom is -0.497 e. The maximum Gasteiger partial charge on any atom is 0.303 e. The number of rotatable bonds is 15. The fraction of sp³-hybridized carbons (Fsp3) is 0.452. The van der Waals surface area contributed by atoms with Crippen LogP contribution in [0.5, 0.6) is 17.2 Å². The van der Waals surface area contributed by atoms with Crippen LogP contribution in [0.1, 0.15) is 71.9 Å². The number of amides is 2. The fourth-order valence-electron chi connectivity index (χ4n) is 7.48. The Hall–Kier alpha value is -4.83. The lowest BCUT2D eigenvalue weighted by Gasteiger charge is -2.45. The lowest BCUT2D eigenvalue weighted by molar-refractivity contribution is -0.138. The summed E-state index contributed by atoms with van der Waals surface area (Å²) >= 11 is 0. The van der Waals surface area contributed by atoms with Crippen molar-refractivity contribution in [1.29, 1.82) is 0 Å². The normalized spacial score (nSPS) is 18.2. The molecule has 0 aromatic heterocycles. The van der Waals surface area contributed by atoms with Gasteiger partial charge in [0.2, 0.25) is 5.91 Å². The van der Waals surface area contributed by atoms with Crippen molar-refractivity contribution in [3.05, 3.63) is 93.6 Å². The van der Waals surface area contributed by atoms with E-state index in [9.17, 15) is 14.4 Å². The highest BCUT2D eigenvalue weighted by molar-refractivity contribution is 6.03. The first-order chi connectivity index (χ1) is 25.0. The van der Waals surface area contributed by atoms with Crippen molar-refractivity contribution in [3.8, 4) is 17.2 Å². The lowest BCUT2D eigenvalue weighted by Crippen LogP contribution is -2.62. The number of carboxylic acids is 1. The standard InChI is InChI=1S/C42H51N3O7/c1-26-17-27(2)28(3)38(18-26)52-16-15-29-9-11-31(12-10-29)36-21-32-24-44(39(46)7-6-8-40(47)48)25-37(43-32)41(36)42(49)45(33-13-14-33)23-30-19-34(50-4)22-35(20-30)51-5/h9-12,17-20,22,32-33,37,43H,6-8,13-16,21,23-25H2,1-5H3,(H,47,48)/t32-,37-/m1/s1. The Kier molecular flexibility index (Phi) is 11.5. The van der Waals surface area contributed by atoms with Gasteiger partial charge in [0, 0.05) is 62.6 Å². The molecule has 3 aromatic carbocycles. The number of nitrogens with zero attached hydrogens (tertiary/aromatic N) is 2. The third-order valence-electron chi connectivity index (χ3n) is 10.5. The Morgan fingerprint density at radius 3 is 2.27 bits per heavy atom. The highest BCUT2D eigenvalue weighted by atomic mass is 16.5. The Morgan fingerprint density at radius 1 is 0.904 bits per heavy atom. The number of fused-ring (bicyclic) bond motifs is 2. The molecular weight excluding hydrogens is 658 g/mol. The van der Waals surface area contributed by atoms with E-state index in [-0.39, 0.29) is 42.8 Å². The van der Waals surface area contributed by atoms with Gasteiger partial charge < -0.3 is 34.4 Å². The fourth-order valence-corrected chi connectivity index (χ4v) is 7.48. The number of benzene rings is 3. The molecule has 0 unspecified atom stereocenters. The zero-order valence-corrected chi connectivity index (χ0v) is 31.0. The number of methoxy groups -OCH3 is 2. The van der Waals surface area contributed by atoms with E-state index in [1.54, 1.807) is 14.2 Å². The number of ether oxygens (including phenoxy) is 3. The summed E-state index contributed by atoms with van der Waals surface area (Å²) in [5.74, 6) is 1.24. The Labute approximate surface area is 306 Å². The number of aliphatic carboxylic acids is 1. The lowest BCUT2D eigenvalue weighted by atomic mass is 9.82. The predicted octanol–water partition coefficient (Wildman–Crippen LogP) is 6.02. The summed E-state index contributed by atoms with van der Waals surface area (Å²) in [6.07, 6.45) is 3.63. The molecule has 276 valence electrons. The maximum atomic E-state index is 14.9. The van der Waals surface area contributed by atoms with Gasteiger partial charge in [0.05, 0.1) is 26.9 Å². The Bertz CT molecular complexity index is 1810. The van der Waals surface area contributed by atoms with Crippen molar-refractivity contribution in [3.63, 3.8) is 0 Å². The zero-order valence-electron chi connectivity index (χ0n) is 31.0. The van der Waals surface area contributed by atoms with Crippen LogP contribution in [0.25, 0.3) is 5.57 Å². The molecule has 2 heterocycles. The molecule has 2 fully saturated rings. The molecule has 2 bridgehead atoms. The third-order valence-corrected chi connectivity index (χ3v) is 10.5. The first kappa shape index (κ1) is 36.9. The molecule has 1 saturated heterocycles. The molecule has 0 radical (unpaired) electrons. The molecule has 3 aromatic rings. The van der Waals surface area contributed by atoms with Crippen molar-refractivity contribution >= 4 is 23.4 Å². The second kappa shape index (κ2) is 16.2. The van der Waals surface area contributed by atoms with Crippen LogP contribution in [0.2, 0.25) is 0 Å². The van der Waals surface area contributed by atoms with Crippen LogP contribution in [0.15, 0.2) is 60.2 Å². The summed E-state index contributed by atoms with van der Waals surface area (Å²) < 4.78 is 17.3. The van der Waals surface area contributed by atoms with Crippen molar-refractivity contribution < 1.29 is 33.7 Å². The van der Waals surface area contributed by atoms with Gasteiger partial charge in [0.15, 0.2) is 0 Å². The number of carbonyl (C=O) groups is 3. The van der Waals surface area contributed by atoms with Crippen LogP contribution in [-0.2, 0) is 27.3 Å². The van der Waals surface area contributed by atoms with Gasteiger partial charge >= 0.3 is 5.97 Å². The molecule has 1 saturated carbocycles. The number of piperazine rings is 1. The van der Waals surface area contributed by atoms with Gasteiger partial charge in [-0.05, 0) is 104 Å². The molecule has 0 spiro atoms. The number of carboxylic acid groups (broad SMARTS) is 1. The Balaban J connectivity index is 1.27. The van der Waals surface area contributed by atoms with Crippen LogP contribution in [0.4, 0.5) is 0 Å². The number of carbonyl (C=O) groups excluding carboxylic acids is 2. The molecular formula is C42H51N3O7. The van der Waals surface area contributed by atoms with Crippen LogP contribution in [0, 0.1) is 20.8 Å². The van der Waals surface area contributed by atoms with Gasteiger partial charge in [-0.1, -0.05) is 30.3 Å². The second-order valence-electron chi connectivity index (χ2n) is 14.4. The third kappa shape index (κ3) is 8.78. The Morgan fingerprint density at radius 2 is 1.62 bits per heavy atom. The van der Waals surface area contributed by atoms with E-state index in [4.69, 9.17) is 19.3 Å². The van der Waals surface area contributed by atoms with E-state index in [2.05, 4.69) is 62.5 Å². The van der Waals surface area contributed by atoms with Crippen molar-refractivity contribution in [2.75, 3.05) is 33.9 Å². The summed E-state index contributed by atoms with van der Waals surface area (Å²) in [7, 11) is 3.23. The van der Waals surface area contributed by atoms with E-state index in [0.29, 0.717) is 56.2 Å². The summed E-state index contributed by atoms with van der Waals surface area (Å²) in [6, 6.07) is 18.2. The summed E-state index contributed by atoms with van der Waals surface area (Å²) in [4.78, 5) is 43.1. The second-order valence-corrected chi connectivity index (χ2v) is 14.4. The van der Waals surface area contributed by atoms with Gasteiger partial charge in [0.25, 0.3) is 5.91 Å². The predicted molar refractivity (Wildman–Crippen MR) is 200 cm³/mol. The van der Waals surface area contributed by atoms with Crippen molar-refractivity contribution in [2.45, 2.75) is 90.4 Å². The number of hydrogen-bond donors (Lipinski definition) is 2. The smallest absolute Gasteiger partial charge is 0.303 e. The molecule has 10 heteroatoms. The van der Waals surface area contributed by atoms with E-state index in [1.807, 2.05) is 28.0 Å². The molecule has 10 nitrogen and oxygen atoms in total. The van der Waals surface area contributed by atoms with E-state index in [1.165, 1.54) is 11.1 Å². The SMILES string of the molecule is COc1cc(CN(C(=O)C2=C(c3ccc(CCOc4cc(C)cc(C)c4C)cc3)C[C@@H]3CN(C(=O)CCCC(=O)O)C[C@H]2N3)C2CC2)cc(OC)c1. The molecule has 1 aliphatic carbocycles. The van der Waals surface area contributed by atoms with Gasteiger partial charge in [-0.3, -0.25) is 14.4 Å². The average Bonchev–Trinajstić information content (AvgIpc) is 3.97.